The van der Waals surface area contributed by atoms with Gasteiger partial charge in [-0.25, -0.2) is 0 Å². The summed E-state index contributed by atoms with van der Waals surface area (Å²) < 4.78 is 1.89. The summed E-state index contributed by atoms with van der Waals surface area (Å²) in [5.41, 5.74) is 0.987. The first-order valence-electron chi connectivity index (χ1n) is 10.8. The van der Waals surface area contributed by atoms with Gasteiger partial charge in [0.05, 0.1) is 16.7 Å². The van der Waals surface area contributed by atoms with Gasteiger partial charge in [-0.2, -0.15) is 0 Å². The first-order valence-corrected chi connectivity index (χ1v) is 11.7. The molecule has 2 aromatic carbocycles. The van der Waals surface area contributed by atoms with Crippen molar-refractivity contribution < 1.29 is 14.5 Å². The number of anilines is 1. The van der Waals surface area contributed by atoms with Crippen molar-refractivity contribution >= 4 is 35.0 Å². The van der Waals surface area contributed by atoms with Crippen molar-refractivity contribution in [1.82, 2.24) is 20.1 Å². The molecule has 10 nitrogen and oxygen atoms in total. The number of nitrogens with one attached hydrogen (secondary N) is 2. The van der Waals surface area contributed by atoms with E-state index in [1.165, 1.54) is 36.0 Å². The number of non-ortho nitro benzene ring substituents is 1. The van der Waals surface area contributed by atoms with E-state index in [9.17, 15) is 19.7 Å². The van der Waals surface area contributed by atoms with Crippen LogP contribution in [-0.2, 0) is 11.3 Å². The average molecular weight is 483 g/mol. The van der Waals surface area contributed by atoms with E-state index in [0.717, 1.165) is 0 Å². The number of hydrogen-bond donors (Lipinski definition) is 2. The Hall–Kier alpha value is -3.73. The second-order valence-electron chi connectivity index (χ2n) is 7.79. The van der Waals surface area contributed by atoms with E-state index in [0.29, 0.717) is 28.8 Å². The van der Waals surface area contributed by atoms with Crippen molar-refractivity contribution in [2.45, 2.75) is 38.5 Å². The number of benzene rings is 2. The van der Waals surface area contributed by atoms with Crippen molar-refractivity contribution in [3.05, 3.63) is 76.1 Å². The summed E-state index contributed by atoms with van der Waals surface area (Å²) >= 11 is 1.23. The molecule has 0 aliphatic rings. The molecule has 3 aromatic rings. The van der Waals surface area contributed by atoms with Crippen LogP contribution < -0.4 is 10.6 Å². The minimum Gasteiger partial charge on any atom is -0.342 e. The summed E-state index contributed by atoms with van der Waals surface area (Å²) in [6, 6.07) is 14.2. The maximum Gasteiger partial charge on any atom is 0.269 e. The first-order chi connectivity index (χ1) is 16.3. The maximum atomic E-state index is 12.7. The molecule has 1 atom stereocenters. The zero-order chi connectivity index (χ0) is 24.7. The molecule has 0 aliphatic carbocycles. The minimum atomic E-state index is -0.497. The standard InChI is InChI=1S/C23H26N6O4S/c1-4-28-21(20(15(2)3)25-22(31)16-8-6-5-7-9-16)26-27-23(28)34-14-19(30)24-17-10-12-18(13-11-17)29(32)33/h5-13,15,20H,4,14H2,1-3H3,(H,24,30)(H,25,31)/t20-/m0/s1. The van der Waals surface area contributed by atoms with Crippen LogP contribution in [0.3, 0.4) is 0 Å². The zero-order valence-electron chi connectivity index (χ0n) is 19.1. The topological polar surface area (TPSA) is 132 Å². The van der Waals surface area contributed by atoms with Crippen LogP contribution in [0.4, 0.5) is 11.4 Å². The summed E-state index contributed by atoms with van der Waals surface area (Å²) in [5, 5.41) is 25.7. The Balaban J connectivity index is 1.67. The Labute approximate surface area is 201 Å². The third-order valence-corrected chi connectivity index (χ3v) is 5.99. The van der Waals surface area contributed by atoms with Gasteiger partial charge in [0.1, 0.15) is 0 Å². The second kappa shape index (κ2) is 11.4. The van der Waals surface area contributed by atoms with Gasteiger partial charge in [-0.05, 0) is 37.1 Å². The molecule has 178 valence electrons. The molecular weight excluding hydrogens is 456 g/mol. The predicted molar refractivity (Wildman–Crippen MR) is 130 cm³/mol. The molecule has 2 N–H and O–H groups in total. The van der Waals surface area contributed by atoms with Crippen LogP contribution in [0.2, 0.25) is 0 Å². The number of carbonyl (C=O) groups excluding carboxylic acids is 2. The van der Waals surface area contributed by atoms with Crippen LogP contribution >= 0.6 is 11.8 Å². The van der Waals surface area contributed by atoms with Gasteiger partial charge in [0.2, 0.25) is 5.91 Å². The molecule has 0 saturated carbocycles. The Kier molecular flexibility index (Phi) is 8.36. The third-order valence-electron chi connectivity index (χ3n) is 5.02. The molecule has 34 heavy (non-hydrogen) atoms. The van der Waals surface area contributed by atoms with Gasteiger partial charge in [0.15, 0.2) is 11.0 Å². The number of nitro groups is 1. The number of carbonyl (C=O) groups is 2. The fourth-order valence-corrected chi connectivity index (χ4v) is 4.08. The molecule has 0 fully saturated rings. The fraction of sp³-hybridized carbons (Fsp3) is 0.304. The Morgan fingerprint density at radius 1 is 1.09 bits per heavy atom. The van der Waals surface area contributed by atoms with Gasteiger partial charge >= 0.3 is 0 Å². The van der Waals surface area contributed by atoms with E-state index < -0.39 is 4.92 Å². The van der Waals surface area contributed by atoms with Crippen molar-refractivity contribution in [2.24, 2.45) is 5.92 Å². The lowest BCUT2D eigenvalue weighted by Crippen LogP contribution is -2.33. The van der Waals surface area contributed by atoms with Crippen molar-refractivity contribution in [1.29, 1.82) is 0 Å². The summed E-state index contributed by atoms with van der Waals surface area (Å²) in [4.78, 5) is 35.4. The molecule has 0 radical (unpaired) electrons. The largest absolute Gasteiger partial charge is 0.342 e. The van der Waals surface area contributed by atoms with E-state index in [-0.39, 0.29) is 35.2 Å². The second-order valence-corrected chi connectivity index (χ2v) is 8.73. The lowest BCUT2D eigenvalue weighted by atomic mass is 10.0. The molecule has 0 saturated heterocycles. The van der Waals surface area contributed by atoms with Crippen LogP contribution in [0.1, 0.15) is 43.0 Å². The molecule has 1 aromatic heterocycles. The molecule has 0 bridgehead atoms. The van der Waals surface area contributed by atoms with Gasteiger partial charge in [0.25, 0.3) is 11.6 Å². The molecule has 0 unspecified atom stereocenters. The van der Waals surface area contributed by atoms with Crippen LogP contribution in [0, 0.1) is 16.0 Å². The molecule has 0 aliphatic heterocycles. The predicted octanol–water partition coefficient (Wildman–Crippen LogP) is 4.06. The Bertz CT molecular complexity index is 1150. The summed E-state index contributed by atoms with van der Waals surface area (Å²) in [6.45, 7) is 6.51. The van der Waals surface area contributed by atoms with Crippen LogP contribution in [0.25, 0.3) is 0 Å². The minimum absolute atomic E-state index is 0.0463. The number of nitrogens with zero attached hydrogens (tertiary/aromatic N) is 4. The van der Waals surface area contributed by atoms with E-state index in [1.807, 2.05) is 43.5 Å². The Morgan fingerprint density at radius 2 is 1.76 bits per heavy atom. The fourth-order valence-electron chi connectivity index (χ4n) is 3.27. The maximum absolute atomic E-state index is 12.7. The number of nitro benzene ring substituents is 1. The summed E-state index contributed by atoms with van der Waals surface area (Å²) in [7, 11) is 0. The highest BCUT2D eigenvalue weighted by molar-refractivity contribution is 7.99. The van der Waals surface area contributed by atoms with Gasteiger partial charge in [-0.3, -0.25) is 19.7 Å². The Morgan fingerprint density at radius 3 is 2.35 bits per heavy atom. The number of thioether (sulfide) groups is 1. The van der Waals surface area contributed by atoms with Crippen molar-refractivity contribution in [2.75, 3.05) is 11.1 Å². The van der Waals surface area contributed by atoms with Crippen molar-refractivity contribution in [3.63, 3.8) is 0 Å². The van der Waals surface area contributed by atoms with Gasteiger partial charge < -0.3 is 15.2 Å². The first kappa shape index (κ1) is 24.9. The third kappa shape index (κ3) is 6.19. The van der Waals surface area contributed by atoms with Crippen molar-refractivity contribution in [3.8, 4) is 0 Å². The normalized spacial score (nSPS) is 11.8. The highest BCUT2D eigenvalue weighted by Crippen LogP contribution is 2.26. The van der Waals surface area contributed by atoms with Crippen LogP contribution in [0.5, 0.6) is 0 Å². The van der Waals surface area contributed by atoms with Gasteiger partial charge in [-0.15, -0.1) is 10.2 Å². The number of amides is 2. The van der Waals surface area contributed by atoms with Gasteiger partial charge in [-0.1, -0.05) is 43.8 Å². The zero-order valence-corrected chi connectivity index (χ0v) is 19.9. The SMILES string of the molecule is CCn1c(SCC(=O)Nc2ccc([N+](=O)[O-])cc2)nnc1[C@@H](NC(=O)c1ccccc1)C(C)C. The average Bonchev–Trinajstić information content (AvgIpc) is 3.24. The monoisotopic (exact) mass is 482 g/mol. The molecular formula is C23H26N6O4S. The van der Waals surface area contributed by atoms with Gasteiger partial charge in [0, 0.05) is 29.9 Å². The smallest absolute Gasteiger partial charge is 0.269 e. The number of rotatable bonds is 10. The molecule has 11 heteroatoms. The summed E-state index contributed by atoms with van der Waals surface area (Å²) in [5.74, 6) is 0.300. The lowest BCUT2D eigenvalue weighted by molar-refractivity contribution is -0.384. The van der Waals surface area contributed by atoms with E-state index in [1.54, 1.807) is 12.1 Å². The summed E-state index contributed by atoms with van der Waals surface area (Å²) in [6.07, 6.45) is 0. The van der Waals surface area contributed by atoms with E-state index >= 15 is 0 Å². The highest BCUT2D eigenvalue weighted by Gasteiger charge is 2.26. The van der Waals surface area contributed by atoms with Crippen LogP contribution in [-0.4, -0.2) is 37.3 Å². The molecule has 0 spiro atoms. The van der Waals surface area contributed by atoms with E-state index in [4.69, 9.17) is 0 Å². The quantitative estimate of drug-likeness (QED) is 0.253. The number of aromatic nitrogens is 3. The molecule has 1 heterocycles. The molecule has 3 rings (SSSR count). The highest BCUT2D eigenvalue weighted by atomic mass is 32.2. The van der Waals surface area contributed by atoms with E-state index in [2.05, 4.69) is 20.8 Å². The number of hydrogen-bond acceptors (Lipinski definition) is 7. The lowest BCUT2D eigenvalue weighted by Gasteiger charge is -2.22. The molecule has 2 amide bonds. The van der Waals surface area contributed by atoms with Crippen LogP contribution in [0.15, 0.2) is 59.8 Å².